The van der Waals surface area contributed by atoms with Gasteiger partial charge in [-0.3, -0.25) is 4.79 Å². The molecule has 19 heavy (non-hydrogen) atoms. The maximum Gasteiger partial charge on any atom is 0.241 e. The van der Waals surface area contributed by atoms with Gasteiger partial charge in [0.2, 0.25) is 15.9 Å². The molecule has 7 heteroatoms. The lowest BCUT2D eigenvalue weighted by molar-refractivity contribution is -0.122. The zero-order valence-electron chi connectivity index (χ0n) is 10.4. The average molecular weight is 303 g/mol. The Morgan fingerprint density at radius 3 is 2.79 bits per heavy atom. The van der Waals surface area contributed by atoms with Gasteiger partial charge in [0, 0.05) is 11.6 Å². The van der Waals surface area contributed by atoms with Crippen molar-refractivity contribution in [2.24, 2.45) is 0 Å². The third kappa shape index (κ3) is 4.66. The molecule has 0 saturated carbocycles. The van der Waals surface area contributed by atoms with Crippen LogP contribution in [0.3, 0.4) is 0 Å². The van der Waals surface area contributed by atoms with Crippen LogP contribution in [0, 0.1) is 0 Å². The predicted molar refractivity (Wildman–Crippen MR) is 74.4 cm³/mol. The Hall–Kier alpha value is -1.37. The molecule has 0 radical (unpaired) electrons. The molecular formula is C12H15ClN2O3S. The number of nitrogens with one attached hydrogen (secondary N) is 2. The molecule has 0 aliphatic heterocycles. The summed E-state index contributed by atoms with van der Waals surface area (Å²) >= 11 is 5.74. The number of sulfonamides is 1. The zero-order valence-corrected chi connectivity index (χ0v) is 12.0. The lowest BCUT2D eigenvalue weighted by Crippen LogP contribution is -2.44. The lowest BCUT2D eigenvalue weighted by Gasteiger charge is -2.13. The van der Waals surface area contributed by atoms with Crippen LogP contribution in [0.25, 0.3) is 0 Å². The molecule has 0 spiro atoms. The second-order valence-corrected chi connectivity index (χ2v) is 5.98. The maximum absolute atomic E-state index is 12.0. The molecule has 0 unspecified atom stereocenters. The first kappa shape index (κ1) is 15.7. The van der Waals surface area contributed by atoms with E-state index in [4.69, 9.17) is 11.6 Å². The molecular weight excluding hydrogens is 288 g/mol. The van der Waals surface area contributed by atoms with Crippen molar-refractivity contribution in [3.05, 3.63) is 41.9 Å². The van der Waals surface area contributed by atoms with Crippen LogP contribution in [0.2, 0.25) is 5.02 Å². The highest BCUT2D eigenvalue weighted by molar-refractivity contribution is 7.89. The van der Waals surface area contributed by atoms with Crippen LogP contribution >= 0.6 is 11.6 Å². The summed E-state index contributed by atoms with van der Waals surface area (Å²) in [5.74, 6) is -0.425. The topological polar surface area (TPSA) is 75.3 Å². The molecule has 0 aliphatic carbocycles. The smallest absolute Gasteiger partial charge is 0.241 e. The van der Waals surface area contributed by atoms with E-state index in [1.54, 1.807) is 6.07 Å². The predicted octanol–water partition coefficient (Wildman–Crippen LogP) is 1.31. The molecule has 5 nitrogen and oxygen atoms in total. The van der Waals surface area contributed by atoms with E-state index in [1.807, 2.05) is 0 Å². The van der Waals surface area contributed by atoms with Gasteiger partial charge in [0.05, 0.1) is 10.9 Å². The third-order valence-electron chi connectivity index (χ3n) is 2.25. The molecule has 0 heterocycles. The highest BCUT2D eigenvalue weighted by atomic mass is 35.5. The largest absolute Gasteiger partial charge is 0.351 e. The van der Waals surface area contributed by atoms with Crippen molar-refractivity contribution < 1.29 is 13.2 Å². The number of rotatable bonds is 6. The SMILES string of the molecule is C=CCNC(=O)[C@H](C)NS(=O)(=O)c1cccc(Cl)c1. The van der Waals surface area contributed by atoms with E-state index >= 15 is 0 Å². The van der Waals surface area contributed by atoms with Gasteiger partial charge in [0.1, 0.15) is 0 Å². The van der Waals surface area contributed by atoms with Crippen molar-refractivity contribution >= 4 is 27.5 Å². The van der Waals surface area contributed by atoms with Crippen LogP contribution < -0.4 is 10.0 Å². The Morgan fingerprint density at radius 2 is 2.21 bits per heavy atom. The molecule has 0 saturated heterocycles. The zero-order chi connectivity index (χ0) is 14.5. The number of halogens is 1. The molecule has 1 aromatic rings. The summed E-state index contributed by atoms with van der Waals surface area (Å²) in [7, 11) is -3.77. The van der Waals surface area contributed by atoms with E-state index in [0.29, 0.717) is 5.02 Å². The molecule has 1 atom stereocenters. The quantitative estimate of drug-likeness (QED) is 0.778. The van der Waals surface area contributed by atoms with Gasteiger partial charge < -0.3 is 5.32 Å². The summed E-state index contributed by atoms with van der Waals surface area (Å²) < 4.78 is 26.3. The van der Waals surface area contributed by atoms with Crippen LogP contribution in [-0.2, 0) is 14.8 Å². The highest BCUT2D eigenvalue weighted by Gasteiger charge is 2.21. The van der Waals surface area contributed by atoms with Crippen LogP contribution in [0.1, 0.15) is 6.92 Å². The average Bonchev–Trinajstić information content (AvgIpc) is 2.35. The summed E-state index contributed by atoms with van der Waals surface area (Å²) in [6.45, 7) is 5.19. The van der Waals surface area contributed by atoms with Gasteiger partial charge in [-0.15, -0.1) is 6.58 Å². The van der Waals surface area contributed by atoms with Gasteiger partial charge in [0.15, 0.2) is 0 Å². The van der Waals surface area contributed by atoms with Gasteiger partial charge in [0.25, 0.3) is 0 Å². The Balaban J connectivity index is 2.80. The Morgan fingerprint density at radius 1 is 1.53 bits per heavy atom. The first-order valence-electron chi connectivity index (χ1n) is 5.53. The van der Waals surface area contributed by atoms with Crippen LogP contribution in [0.15, 0.2) is 41.8 Å². The molecule has 0 bridgehead atoms. The fourth-order valence-corrected chi connectivity index (χ4v) is 2.82. The number of amides is 1. The summed E-state index contributed by atoms with van der Waals surface area (Å²) in [6, 6.07) is 4.94. The van der Waals surface area contributed by atoms with Crippen molar-refractivity contribution in [3.63, 3.8) is 0 Å². The summed E-state index contributed by atoms with van der Waals surface area (Å²) in [5, 5.41) is 2.82. The fourth-order valence-electron chi connectivity index (χ4n) is 1.31. The van der Waals surface area contributed by atoms with Crippen molar-refractivity contribution in [2.75, 3.05) is 6.54 Å². The molecule has 1 rings (SSSR count). The van der Waals surface area contributed by atoms with Gasteiger partial charge in [-0.25, -0.2) is 8.42 Å². The van der Waals surface area contributed by atoms with E-state index in [0.717, 1.165) is 0 Å². The molecule has 0 aromatic heterocycles. The van der Waals surface area contributed by atoms with Gasteiger partial charge >= 0.3 is 0 Å². The minimum atomic E-state index is -3.77. The number of hydrogen-bond donors (Lipinski definition) is 2. The number of carbonyl (C=O) groups excluding carboxylic acids is 1. The summed E-state index contributed by atoms with van der Waals surface area (Å²) in [5.41, 5.74) is 0. The molecule has 0 fully saturated rings. The van der Waals surface area contributed by atoms with E-state index in [1.165, 1.54) is 31.2 Å². The van der Waals surface area contributed by atoms with Crippen LogP contribution in [-0.4, -0.2) is 26.9 Å². The Labute approximate surface area is 117 Å². The molecule has 104 valence electrons. The molecule has 1 aromatic carbocycles. The van der Waals surface area contributed by atoms with Gasteiger partial charge in [-0.2, -0.15) is 4.72 Å². The number of benzene rings is 1. The van der Waals surface area contributed by atoms with E-state index in [2.05, 4.69) is 16.6 Å². The maximum atomic E-state index is 12.0. The standard InChI is InChI=1S/C12H15ClN2O3S/c1-3-7-14-12(16)9(2)15-19(17,18)11-6-4-5-10(13)8-11/h3-6,8-9,15H,1,7H2,2H3,(H,14,16)/t9-/m0/s1. The highest BCUT2D eigenvalue weighted by Crippen LogP contribution is 2.15. The normalized spacial score (nSPS) is 12.7. The first-order valence-corrected chi connectivity index (χ1v) is 7.39. The van der Waals surface area contributed by atoms with E-state index < -0.39 is 22.0 Å². The van der Waals surface area contributed by atoms with Crippen molar-refractivity contribution in [1.29, 1.82) is 0 Å². The minimum Gasteiger partial charge on any atom is -0.351 e. The van der Waals surface area contributed by atoms with Gasteiger partial charge in [-0.05, 0) is 25.1 Å². The Bertz CT molecular complexity index is 572. The second-order valence-electron chi connectivity index (χ2n) is 3.83. The third-order valence-corrected chi connectivity index (χ3v) is 4.03. The number of hydrogen-bond acceptors (Lipinski definition) is 3. The van der Waals surface area contributed by atoms with Crippen molar-refractivity contribution in [1.82, 2.24) is 10.0 Å². The van der Waals surface area contributed by atoms with Crippen molar-refractivity contribution in [3.8, 4) is 0 Å². The summed E-state index contributed by atoms with van der Waals surface area (Å²) in [4.78, 5) is 11.6. The van der Waals surface area contributed by atoms with Crippen molar-refractivity contribution in [2.45, 2.75) is 17.9 Å². The summed E-state index contributed by atoms with van der Waals surface area (Å²) in [6.07, 6.45) is 1.51. The monoisotopic (exact) mass is 302 g/mol. The van der Waals surface area contributed by atoms with Crippen LogP contribution in [0.5, 0.6) is 0 Å². The van der Waals surface area contributed by atoms with Crippen LogP contribution in [0.4, 0.5) is 0 Å². The number of carbonyl (C=O) groups is 1. The second kappa shape index (κ2) is 6.70. The molecule has 1 amide bonds. The molecule has 0 aliphatic rings. The first-order chi connectivity index (χ1) is 8.86. The van der Waals surface area contributed by atoms with Gasteiger partial charge in [-0.1, -0.05) is 23.7 Å². The van der Waals surface area contributed by atoms with E-state index in [-0.39, 0.29) is 11.4 Å². The fraction of sp³-hybridized carbons (Fsp3) is 0.250. The molecule has 2 N–H and O–H groups in total. The minimum absolute atomic E-state index is 0.0170. The van der Waals surface area contributed by atoms with E-state index in [9.17, 15) is 13.2 Å². The lowest BCUT2D eigenvalue weighted by atomic mass is 10.3. The Kier molecular flexibility index (Phi) is 5.53.